The highest BCUT2D eigenvalue weighted by atomic mass is 32.1. The molecule has 3 rings (SSSR count). The zero-order valence-electron chi connectivity index (χ0n) is 10.6. The molecule has 1 aliphatic heterocycles. The maximum absolute atomic E-state index is 12.5. The summed E-state index contributed by atoms with van der Waals surface area (Å²) in [5.74, 6) is -1.40. The van der Waals surface area contributed by atoms with Crippen LogP contribution in [0.3, 0.4) is 0 Å². The van der Waals surface area contributed by atoms with Crippen LogP contribution in [0.1, 0.15) is 33.0 Å². The minimum Gasteiger partial charge on any atom is -0.480 e. The van der Waals surface area contributed by atoms with Crippen LogP contribution in [0.25, 0.3) is 0 Å². The van der Waals surface area contributed by atoms with Gasteiger partial charge in [-0.25, -0.2) is 8.78 Å². The molecule has 1 fully saturated rings. The maximum Gasteiger partial charge on any atom is 0.323 e. The normalized spacial score (nSPS) is 19.6. The molecule has 1 saturated carbocycles. The van der Waals surface area contributed by atoms with E-state index in [9.17, 15) is 18.4 Å². The number of hydrogen-bond acceptors (Lipinski definition) is 3. The molecule has 2 heterocycles. The molecule has 1 aliphatic carbocycles. The van der Waals surface area contributed by atoms with E-state index in [0.717, 1.165) is 29.7 Å². The van der Waals surface area contributed by atoms with Gasteiger partial charge in [0.25, 0.3) is 5.91 Å². The van der Waals surface area contributed by atoms with Gasteiger partial charge in [0.15, 0.2) is 0 Å². The first kappa shape index (κ1) is 13.5. The van der Waals surface area contributed by atoms with Crippen LogP contribution < -0.4 is 0 Å². The molecule has 1 N–H and O–H groups in total. The van der Waals surface area contributed by atoms with Crippen molar-refractivity contribution in [1.29, 1.82) is 0 Å². The van der Waals surface area contributed by atoms with Gasteiger partial charge in [0.05, 0.1) is 4.88 Å². The molecule has 7 heteroatoms. The van der Waals surface area contributed by atoms with Gasteiger partial charge in [0.1, 0.15) is 6.54 Å². The Labute approximate surface area is 118 Å². The fraction of sp³-hybridized carbons (Fsp3) is 0.538. The van der Waals surface area contributed by atoms with Crippen LogP contribution in [0.2, 0.25) is 0 Å². The first-order valence-electron chi connectivity index (χ1n) is 6.34. The van der Waals surface area contributed by atoms with Crippen molar-refractivity contribution < 1.29 is 23.5 Å². The van der Waals surface area contributed by atoms with E-state index in [0.29, 0.717) is 16.3 Å². The monoisotopic (exact) mass is 301 g/mol. The van der Waals surface area contributed by atoms with E-state index in [2.05, 4.69) is 0 Å². The van der Waals surface area contributed by atoms with E-state index in [-0.39, 0.29) is 24.3 Å². The molecule has 0 atom stereocenters. The average Bonchev–Trinajstić information content (AvgIpc) is 2.97. The van der Waals surface area contributed by atoms with E-state index in [1.165, 1.54) is 4.90 Å². The number of aliphatic carboxylic acids is 1. The number of fused-ring (bicyclic) bond motifs is 2. The van der Waals surface area contributed by atoms with E-state index in [1.54, 1.807) is 6.07 Å². The van der Waals surface area contributed by atoms with Crippen LogP contribution in [0.15, 0.2) is 6.07 Å². The number of halogens is 2. The van der Waals surface area contributed by atoms with E-state index >= 15 is 0 Å². The molecule has 1 aromatic rings. The van der Waals surface area contributed by atoms with Gasteiger partial charge < -0.3 is 10.0 Å². The Hall–Kier alpha value is -1.50. The van der Waals surface area contributed by atoms with Crippen LogP contribution in [-0.4, -0.2) is 41.4 Å². The lowest BCUT2D eigenvalue weighted by Gasteiger charge is -2.31. The standard InChI is InChI=1S/C13H13F2NO3S/c14-9(15)4-7-3-8-11(20-7)12(19)16(5-10(17)18)6-13(8)1-2-13/h3,9H,1-2,4-6H2,(H,17,18). The first-order chi connectivity index (χ1) is 9.41. The minimum absolute atomic E-state index is 0.185. The first-order valence-corrected chi connectivity index (χ1v) is 7.15. The number of nitrogens with zero attached hydrogens (tertiary/aromatic N) is 1. The van der Waals surface area contributed by atoms with Gasteiger partial charge in [-0.05, 0) is 24.5 Å². The third-order valence-corrected chi connectivity index (χ3v) is 5.01. The summed E-state index contributed by atoms with van der Waals surface area (Å²) in [6.07, 6.45) is -1.02. The second kappa shape index (κ2) is 4.51. The van der Waals surface area contributed by atoms with Gasteiger partial charge in [-0.2, -0.15) is 0 Å². The van der Waals surface area contributed by atoms with Crippen LogP contribution in [0.4, 0.5) is 8.78 Å². The minimum atomic E-state index is -2.43. The molecule has 4 nitrogen and oxygen atoms in total. The molecule has 20 heavy (non-hydrogen) atoms. The van der Waals surface area contributed by atoms with Crippen LogP contribution in [-0.2, 0) is 16.6 Å². The zero-order valence-corrected chi connectivity index (χ0v) is 11.4. The Morgan fingerprint density at radius 1 is 1.50 bits per heavy atom. The van der Waals surface area contributed by atoms with Gasteiger partial charge in [-0.1, -0.05) is 0 Å². The fourth-order valence-corrected chi connectivity index (χ4v) is 4.03. The fourth-order valence-electron chi connectivity index (χ4n) is 2.78. The highest BCUT2D eigenvalue weighted by molar-refractivity contribution is 7.14. The molecule has 2 aliphatic rings. The second-order valence-corrected chi connectivity index (χ2v) is 6.52. The SMILES string of the molecule is O=C(O)CN1CC2(CC2)c2cc(CC(F)F)sc2C1=O. The molecule has 0 radical (unpaired) electrons. The second-order valence-electron chi connectivity index (χ2n) is 5.39. The van der Waals surface area contributed by atoms with Crippen molar-refractivity contribution in [1.82, 2.24) is 4.90 Å². The zero-order chi connectivity index (χ0) is 14.5. The lowest BCUT2D eigenvalue weighted by molar-refractivity contribution is -0.137. The summed E-state index contributed by atoms with van der Waals surface area (Å²) in [6, 6.07) is 1.72. The summed E-state index contributed by atoms with van der Waals surface area (Å²) in [6.45, 7) is 0.0537. The molecule has 1 aromatic heterocycles. The van der Waals surface area contributed by atoms with E-state index in [4.69, 9.17) is 5.11 Å². The van der Waals surface area contributed by atoms with Crippen molar-refractivity contribution in [3.8, 4) is 0 Å². The molecule has 1 amide bonds. The number of amides is 1. The molecule has 0 bridgehead atoms. The lowest BCUT2D eigenvalue weighted by Crippen LogP contribution is -2.44. The predicted molar refractivity (Wildman–Crippen MR) is 68.5 cm³/mol. The van der Waals surface area contributed by atoms with Gasteiger partial charge in [-0.3, -0.25) is 9.59 Å². The number of carboxylic acids is 1. The number of carboxylic acid groups (broad SMARTS) is 1. The Morgan fingerprint density at radius 3 is 2.75 bits per heavy atom. The predicted octanol–water partition coefficient (Wildman–Crippen LogP) is 2.13. The van der Waals surface area contributed by atoms with Gasteiger partial charge in [-0.15, -0.1) is 11.3 Å². The summed E-state index contributed by atoms with van der Waals surface area (Å²) >= 11 is 1.08. The highest BCUT2D eigenvalue weighted by Crippen LogP contribution is 2.54. The van der Waals surface area contributed by atoms with Crippen LogP contribution >= 0.6 is 11.3 Å². The molecule has 0 aromatic carbocycles. The van der Waals surface area contributed by atoms with Crippen molar-refractivity contribution in [2.24, 2.45) is 0 Å². The number of alkyl halides is 2. The molecule has 1 spiro atoms. The highest BCUT2D eigenvalue weighted by Gasteiger charge is 2.52. The number of thiophene rings is 1. The smallest absolute Gasteiger partial charge is 0.323 e. The number of carbonyl (C=O) groups excluding carboxylic acids is 1. The summed E-state index contributed by atoms with van der Waals surface area (Å²) in [5.41, 5.74) is 0.667. The Morgan fingerprint density at radius 2 is 2.20 bits per heavy atom. The van der Waals surface area contributed by atoms with Gasteiger partial charge in [0.2, 0.25) is 6.43 Å². The summed E-state index contributed by atoms with van der Waals surface area (Å²) in [7, 11) is 0. The molecular weight excluding hydrogens is 288 g/mol. The van der Waals surface area contributed by atoms with Crippen molar-refractivity contribution >= 4 is 23.2 Å². The average molecular weight is 301 g/mol. The molecule has 108 valence electrons. The molecule has 0 saturated heterocycles. The Balaban J connectivity index is 1.94. The molecular formula is C13H13F2NO3S. The van der Waals surface area contributed by atoms with Crippen molar-refractivity contribution in [3.05, 3.63) is 21.4 Å². The molecule has 0 unspecified atom stereocenters. The number of rotatable bonds is 4. The topological polar surface area (TPSA) is 57.6 Å². The van der Waals surface area contributed by atoms with E-state index < -0.39 is 12.4 Å². The lowest BCUT2D eigenvalue weighted by atomic mass is 9.91. The van der Waals surface area contributed by atoms with Crippen LogP contribution in [0.5, 0.6) is 0 Å². The largest absolute Gasteiger partial charge is 0.480 e. The van der Waals surface area contributed by atoms with Gasteiger partial charge in [0, 0.05) is 23.3 Å². The maximum atomic E-state index is 12.5. The van der Waals surface area contributed by atoms with Crippen LogP contribution in [0, 0.1) is 0 Å². The quantitative estimate of drug-likeness (QED) is 0.927. The third kappa shape index (κ3) is 2.19. The number of carbonyl (C=O) groups is 2. The Bertz CT molecular complexity index is 580. The Kier molecular flexibility index (Phi) is 3.04. The van der Waals surface area contributed by atoms with Crippen molar-refractivity contribution in [2.75, 3.05) is 13.1 Å². The summed E-state index contributed by atoms with van der Waals surface area (Å²) in [5, 5.41) is 8.86. The third-order valence-electron chi connectivity index (χ3n) is 3.86. The van der Waals surface area contributed by atoms with Gasteiger partial charge >= 0.3 is 5.97 Å². The van der Waals surface area contributed by atoms with Crippen molar-refractivity contribution in [3.63, 3.8) is 0 Å². The van der Waals surface area contributed by atoms with Crippen molar-refractivity contribution in [2.45, 2.75) is 31.1 Å². The summed E-state index contributed by atoms with van der Waals surface area (Å²) < 4.78 is 24.9. The number of hydrogen-bond donors (Lipinski definition) is 1. The van der Waals surface area contributed by atoms with E-state index in [1.807, 2.05) is 0 Å². The summed E-state index contributed by atoms with van der Waals surface area (Å²) in [4.78, 5) is 25.3.